The third-order valence-corrected chi connectivity index (χ3v) is 2.59. The van der Waals surface area contributed by atoms with Gasteiger partial charge in [-0.15, -0.1) is 0 Å². The normalized spacial score (nSPS) is 10.6. The molecule has 0 saturated heterocycles. The summed E-state index contributed by atoms with van der Waals surface area (Å²) in [6, 6.07) is 9.11. The lowest BCUT2D eigenvalue weighted by Gasteiger charge is -2.02. The summed E-state index contributed by atoms with van der Waals surface area (Å²) in [7, 11) is 0. The van der Waals surface area contributed by atoms with Gasteiger partial charge in [0.1, 0.15) is 5.65 Å². The number of aromatic nitrogens is 3. The molecule has 3 heterocycles. The maximum Gasteiger partial charge on any atom is 0.249 e. The molecule has 1 N–H and O–H groups in total. The van der Waals surface area contributed by atoms with Crippen LogP contribution in [0.5, 0.6) is 0 Å². The van der Waals surface area contributed by atoms with Gasteiger partial charge in [0.05, 0.1) is 0 Å². The maximum atomic E-state index is 11.1. The highest BCUT2D eigenvalue weighted by atomic mass is 16.1. The summed E-state index contributed by atoms with van der Waals surface area (Å²) in [5, 5.41) is 0.916. The quantitative estimate of drug-likeness (QED) is 0.686. The zero-order valence-corrected chi connectivity index (χ0v) is 8.92. The first-order chi connectivity index (χ1) is 8.33. The first-order valence-electron chi connectivity index (χ1n) is 5.22. The number of aromatic amines is 1. The average molecular weight is 223 g/mol. The molecule has 0 spiro atoms. The summed E-state index contributed by atoms with van der Waals surface area (Å²) in [5.41, 5.74) is 2.53. The molecule has 0 aliphatic heterocycles. The topological polar surface area (TPSA) is 58.6 Å². The lowest BCUT2D eigenvalue weighted by atomic mass is 10.1. The van der Waals surface area contributed by atoms with Crippen LogP contribution in [0.2, 0.25) is 0 Å². The van der Waals surface area contributed by atoms with Crippen molar-refractivity contribution >= 4 is 11.0 Å². The van der Waals surface area contributed by atoms with E-state index in [4.69, 9.17) is 0 Å². The molecule has 0 amide bonds. The maximum absolute atomic E-state index is 11.1. The first-order valence-corrected chi connectivity index (χ1v) is 5.22. The van der Waals surface area contributed by atoms with E-state index in [1.807, 2.05) is 18.2 Å². The van der Waals surface area contributed by atoms with Gasteiger partial charge in [-0.05, 0) is 29.8 Å². The van der Waals surface area contributed by atoms with Crippen molar-refractivity contribution in [3.63, 3.8) is 0 Å². The average Bonchev–Trinajstić information content (AvgIpc) is 2.39. The Morgan fingerprint density at radius 3 is 2.65 bits per heavy atom. The molecule has 0 saturated carbocycles. The van der Waals surface area contributed by atoms with E-state index >= 15 is 0 Å². The fourth-order valence-corrected chi connectivity index (χ4v) is 1.74. The van der Waals surface area contributed by atoms with Crippen LogP contribution < -0.4 is 5.56 Å². The minimum atomic E-state index is -0.137. The highest BCUT2D eigenvalue weighted by Crippen LogP contribution is 2.20. The molecular formula is C13H9N3O. The standard InChI is InChI=1S/C13H9N3O/c17-12-2-1-10-7-11(8-15-13(10)16-12)9-3-5-14-6-4-9/h1-8H,(H,15,16,17). The summed E-state index contributed by atoms with van der Waals surface area (Å²) in [4.78, 5) is 22.0. The smallest absolute Gasteiger partial charge is 0.249 e. The number of nitrogens with one attached hydrogen (secondary N) is 1. The number of hydrogen-bond acceptors (Lipinski definition) is 3. The number of H-pyrrole nitrogens is 1. The van der Waals surface area contributed by atoms with E-state index < -0.39 is 0 Å². The van der Waals surface area contributed by atoms with E-state index in [2.05, 4.69) is 15.0 Å². The minimum Gasteiger partial charge on any atom is -0.307 e. The van der Waals surface area contributed by atoms with Crippen LogP contribution in [0, 0.1) is 0 Å². The lowest BCUT2D eigenvalue weighted by Crippen LogP contribution is -2.03. The van der Waals surface area contributed by atoms with Crippen LogP contribution in [0.3, 0.4) is 0 Å². The Bertz CT molecular complexity index is 719. The van der Waals surface area contributed by atoms with Crippen molar-refractivity contribution in [1.82, 2.24) is 15.0 Å². The van der Waals surface area contributed by atoms with Gasteiger partial charge in [-0.2, -0.15) is 0 Å². The van der Waals surface area contributed by atoms with Crippen molar-refractivity contribution in [3.05, 3.63) is 59.3 Å². The predicted molar refractivity (Wildman–Crippen MR) is 65.6 cm³/mol. The monoisotopic (exact) mass is 223 g/mol. The minimum absolute atomic E-state index is 0.137. The largest absolute Gasteiger partial charge is 0.307 e. The summed E-state index contributed by atoms with van der Waals surface area (Å²) < 4.78 is 0. The van der Waals surface area contributed by atoms with Crippen molar-refractivity contribution in [1.29, 1.82) is 0 Å². The van der Waals surface area contributed by atoms with Crippen LogP contribution in [0.25, 0.3) is 22.2 Å². The molecule has 3 rings (SSSR count). The number of rotatable bonds is 1. The molecule has 0 aromatic carbocycles. The van der Waals surface area contributed by atoms with Crippen LogP contribution >= 0.6 is 0 Å². The van der Waals surface area contributed by atoms with E-state index in [1.54, 1.807) is 24.7 Å². The van der Waals surface area contributed by atoms with E-state index in [0.29, 0.717) is 5.65 Å². The first kappa shape index (κ1) is 9.72. The molecule has 3 aromatic rings. The van der Waals surface area contributed by atoms with E-state index in [9.17, 15) is 4.79 Å². The SMILES string of the molecule is O=c1ccc2cc(-c3ccncc3)cnc2[nH]1. The van der Waals surface area contributed by atoms with Crippen LogP contribution in [0.1, 0.15) is 0 Å². The van der Waals surface area contributed by atoms with Gasteiger partial charge in [0.25, 0.3) is 0 Å². The lowest BCUT2D eigenvalue weighted by molar-refractivity contribution is 1.23. The number of hydrogen-bond donors (Lipinski definition) is 1. The molecule has 4 heteroatoms. The highest BCUT2D eigenvalue weighted by molar-refractivity contribution is 5.80. The van der Waals surface area contributed by atoms with Gasteiger partial charge in [0, 0.05) is 35.6 Å². The third kappa shape index (κ3) is 1.80. The Morgan fingerprint density at radius 2 is 1.82 bits per heavy atom. The molecule has 0 aliphatic carbocycles. The summed E-state index contributed by atoms with van der Waals surface area (Å²) in [5.74, 6) is 0. The van der Waals surface area contributed by atoms with Gasteiger partial charge < -0.3 is 4.98 Å². The third-order valence-electron chi connectivity index (χ3n) is 2.59. The van der Waals surface area contributed by atoms with Gasteiger partial charge in [0.2, 0.25) is 5.56 Å². The zero-order valence-electron chi connectivity index (χ0n) is 8.92. The fraction of sp³-hybridized carbons (Fsp3) is 0. The van der Waals surface area contributed by atoms with Gasteiger partial charge in [-0.1, -0.05) is 0 Å². The molecule has 0 fully saturated rings. The van der Waals surface area contributed by atoms with Crippen molar-refractivity contribution in [2.45, 2.75) is 0 Å². The van der Waals surface area contributed by atoms with Crippen molar-refractivity contribution in [2.24, 2.45) is 0 Å². The number of nitrogens with zero attached hydrogens (tertiary/aromatic N) is 2. The van der Waals surface area contributed by atoms with Crippen LogP contribution in [-0.2, 0) is 0 Å². The summed E-state index contributed by atoms with van der Waals surface area (Å²) in [6.07, 6.45) is 5.23. The van der Waals surface area contributed by atoms with Crippen molar-refractivity contribution in [2.75, 3.05) is 0 Å². The second-order valence-corrected chi connectivity index (χ2v) is 3.72. The van der Waals surface area contributed by atoms with Crippen LogP contribution in [-0.4, -0.2) is 15.0 Å². The molecule has 0 bridgehead atoms. The van der Waals surface area contributed by atoms with Crippen LogP contribution in [0.4, 0.5) is 0 Å². The van der Waals surface area contributed by atoms with Crippen molar-refractivity contribution in [3.8, 4) is 11.1 Å². The fourth-order valence-electron chi connectivity index (χ4n) is 1.74. The number of fused-ring (bicyclic) bond motifs is 1. The molecular weight excluding hydrogens is 214 g/mol. The Hall–Kier alpha value is -2.49. The Morgan fingerprint density at radius 1 is 1.00 bits per heavy atom. The zero-order chi connectivity index (χ0) is 11.7. The molecule has 0 radical (unpaired) electrons. The van der Waals surface area contributed by atoms with Gasteiger partial charge in [-0.3, -0.25) is 9.78 Å². The number of pyridine rings is 3. The van der Waals surface area contributed by atoms with Gasteiger partial charge >= 0.3 is 0 Å². The molecule has 0 unspecified atom stereocenters. The Labute approximate surface area is 97.0 Å². The van der Waals surface area contributed by atoms with Gasteiger partial charge in [0.15, 0.2) is 0 Å². The summed E-state index contributed by atoms with van der Waals surface area (Å²) >= 11 is 0. The van der Waals surface area contributed by atoms with E-state index in [0.717, 1.165) is 16.5 Å². The van der Waals surface area contributed by atoms with Crippen molar-refractivity contribution < 1.29 is 0 Å². The molecule has 3 aromatic heterocycles. The summed E-state index contributed by atoms with van der Waals surface area (Å²) in [6.45, 7) is 0. The molecule has 0 aliphatic rings. The van der Waals surface area contributed by atoms with E-state index in [1.165, 1.54) is 6.07 Å². The molecule has 17 heavy (non-hydrogen) atoms. The Balaban J connectivity index is 2.21. The molecule has 4 nitrogen and oxygen atoms in total. The van der Waals surface area contributed by atoms with Crippen LogP contribution in [0.15, 0.2) is 53.7 Å². The van der Waals surface area contributed by atoms with E-state index in [-0.39, 0.29) is 5.56 Å². The highest BCUT2D eigenvalue weighted by Gasteiger charge is 2.00. The predicted octanol–water partition coefficient (Wildman–Crippen LogP) is 1.99. The van der Waals surface area contributed by atoms with Gasteiger partial charge in [-0.25, -0.2) is 4.98 Å². The second kappa shape index (κ2) is 3.83. The second-order valence-electron chi connectivity index (χ2n) is 3.72. The molecule has 82 valence electrons. The molecule has 0 atom stereocenters. The Kier molecular flexibility index (Phi) is 2.19.